The van der Waals surface area contributed by atoms with Crippen LogP contribution in [0.15, 0.2) is 18.2 Å². The van der Waals surface area contributed by atoms with Crippen LogP contribution in [0.25, 0.3) is 0 Å². The highest BCUT2D eigenvalue weighted by Gasteiger charge is 2.18. The molecule has 1 saturated carbocycles. The van der Waals surface area contributed by atoms with Crippen LogP contribution in [0.4, 0.5) is 10.1 Å². The van der Waals surface area contributed by atoms with E-state index in [1.54, 1.807) is 0 Å². The van der Waals surface area contributed by atoms with Crippen molar-refractivity contribution < 1.29 is 9.18 Å². The first-order chi connectivity index (χ1) is 9.56. The molecule has 1 aromatic carbocycles. The summed E-state index contributed by atoms with van der Waals surface area (Å²) in [6.45, 7) is 2.93. The van der Waals surface area contributed by atoms with Gasteiger partial charge in [-0.1, -0.05) is 32.6 Å². The Bertz CT molecular complexity index is 468. The number of hydrogen-bond acceptors (Lipinski definition) is 2. The molecule has 1 aliphatic carbocycles. The quantitative estimate of drug-likeness (QED) is 0.830. The van der Waals surface area contributed by atoms with Gasteiger partial charge in [0.2, 0.25) is 0 Å². The molecule has 1 fully saturated rings. The third-order valence-electron chi connectivity index (χ3n) is 4.23. The lowest BCUT2D eigenvalue weighted by molar-refractivity contribution is 0.0950. The molecule has 0 unspecified atom stereocenters. The van der Waals surface area contributed by atoms with Crippen LogP contribution in [-0.2, 0) is 0 Å². The van der Waals surface area contributed by atoms with E-state index in [0.717, 1.165) is 12.3 Å². The molecule has 0 bridgehead atoms. The van der Waals surface area contributed by atoms with Gasteiger partial charge in [-0.15, -0.1) is 0 Å². The zero-order valence-corrected chi connectivity index (χ0v) is 12.0. The molecule has 20 heavy (non-hydrogen) atoms. The van der Waals surface area contributed by atoms with E-state index in [2.05, 4.69) is 12.2 Å². The number of nitrogen functional groups attached to an aromatic ring is 1. The van der Waals surface area contributed by atoms with Crippen molar-refractivity contribution in [2.24, 2.45) is 11.8 Å². The Morgan fingerprint density at radius 3 is 2.75 bits per heavy atom. The second-order valence-corrected chi connectivity index (χ2v) is 5.90. The van der Waals surface area contributed by atoms with Crippen molar-refractivity contribution in [2.75, 3.05) is 12.3 Å². The summed E-state index contributed by atoms with van der Waals surface area (Å²) in [7, 11) is 0. The van der Waals surface area contributed by atoms with Crippen molar-refractivity contribution in [3.05, 3.63) is 29.6 Å². The van der Waals surface area contributed by atoms with Crippen molar-refractivity contribution in [3.63, 3.8) is 0 Å². The maximum Gasteiger partial charge on any atom is 0.253 e. The maximum absolute atomic E-state index is 13.1. The van der Waals surface area contributed by atoms with Crippen LogP contribution in [0.2, 0.25) is 0 Å². The van der Waals surface area contributed by atoms with Crippen molar-refractivity contribution in [3.8, 4) is 0 Å². The Hall–Kier alpha value is -1.58. The van der Waals surface area contributed by atoms with Crippen LogP contribution in [0.5, 0.6) is 0 Å². The van der Waals surface area contributed by atoms with Gasteiger partial charge in [0.05, 0.1) is 5.56 Å². The van der Waals surface area contributed by atoms with Crippen LogP contribution in [-0.4, -0.2) is 12.5 Å². The lowest BCUT2D eigenvalue weighted by Gasteiger charge is -2.26. The van der Waals surface area contributed by atoms with E-state index < -0.39 is 5.82 Å². The molecule has 0 saturated heterocycles. The lowest BCUT2D eigenvalue weighted by atomic mass is 9.81. The van der Waals surface area contributed by atoms with E-state index in [1.165, 1.54) is 43.9 Å². The largest absolute Gasteiger partial charge is 0.398 e. The summed E-state index contributed by atoms with van der Waals surface area (Å²) in [5, 5.41) is 2.84. The van der Waals surface area contributed by atoms with Crippen molar-refractivity contribution >= 4 is 11.6 Å². The van der Waals surface area contributed by atoms with Gasteiger partial charge >= 0.3 is 0 Å². The predicted octanol–water partition coefficient (Wildman–Crippen LogP) is 3.35. The van der Waals surface area contributed by atoms with Gasteiger partial charge in [-0.3, -0.25) is 4.79 Å². The van der Waals surface area contributed by atoms with Gasteiger partial charge in [-0.05, 0) is 36.5 Å². The van der Waals surface area contributed by atoms with Crippen LogP contribution >= 0.6 is 0 Å². The smallest absolute Gasteiger partial charge is 0.253 e. The molecular formula is C16H23FN2O. The van der Waals surface area contributed by atoms with Gasteiger partial charge in [0, 0.05) is 12.2 Å². The topological polar surface area (TPSA) is 55.1 Å². The van der Waals surface area contributed by atoms with E-state index in [1.807, 2.05) is 0 Å². The summed E-state index contributed by atoms with van der Waals surface area (Å²) in [6.07, 6.45) is 6.07. The van der Waals surface area contributed by atoms with E-state index in [9.17, 15) is 9.18 Å². The SMILES string of the molecule is CC1CCC(CCNC(=O)c2cc(F)ccc2N)CC1. The average molecular weight is 278 g/mol. The zero-order chi connectivity index (χ0) is 14.5. The Labute approximate surface area is 119 Å². The number of anilines is 1. The standard InChI is InChI=1S/C16H23FN2O/c1-11-2-4-12(5-3-11)8-9-19-16(20)14-10-13(17)6-7-15(14)18/h6-7,10-12H,2-5,8-9,18H2,1H3,(H,19,20). The summed E-state index contributed by atoms with van der Waals surface area (Å²) in [4.78, 5) is 12.0. The molecule has 0 radical (unpaired) electrons. The molecule has 3 N–H and O–H groups in total. The molecule has 1 aromatic rings. The average Bonchev–Trinajstić information content (AvgIpc) is 2.43. The highest BCUT2D eigenvalue weighted by molar-refractivity contribution is 5.99. The number of nitrogens with two attached hydrogens (primary N) is 1. The number of nitrogens with one attached hydrogen (secondary N) is 1. The molecule has 4 heteroatoms. The van der Waals surface area contributed by atoms with Gasteiger partial charge in [-0.2, -0.15) is 0 Å². The minimum Gasteiger partial charge on any atom is -0.398 e. The van der Waals surface area contributed by atoms with Crippen LogP contribution in [0.3, 0.4) is 0 Å². The van der Waals surface area contributed by atoms with Crippen LogP contribution < -0.4 is 11.1 Å². The second kappa shape index (κ2) is 6.73. The first kappa shape index (κ1) is 14.8. The number of carbonyl (C=O) groups is 1. The lowest BCUT2D eigenvalue weighted by Crippen LogP contribution is -2.27. The Morgan fingerprint density at radius 2 is 2.05 bits per heavy atom. The highest BCUT2D eigenvalue weighted by atomic mass is 19.1. The zero-order valence-electron chi connectivity index (χ0n) is 12.0. The van der Waals surface area contributed by atoms with Crippen molar-refractivity contribution in [2.45, 2.75) is 39.0 Å². The van der Waals surface area contributed by atoms with E-state index in [0.29, 0.717) is 18.2 Å². The summed E-state index contributed by atoms with van der Waals surface area (Å²) in [5.74, 6) is 0.820. The maximum atomic E-state index is 13.1. The molecule has 0 aliphatic heterocycles. The first-order valence-electron chi connectivity index (χ1n) is 7.39. The first-order valence-corrected chi connectivity index (χ1v) is 7.39. The normalized spacial score (nSPS) is 22.5. The summed E-state index contributed by atoms with van der Waals surface area (Å²) >= 11 is 0. The second-order valence-electron chi connectivity index (χ2n) is 5.90. The molecular weight excluding hydrogens is 255 g/mol. The molecule has 0 heterocycles. The molecule has 3 nitrogen and oxygen atoms in total. The Balaban J connectivity index is 1.79. The third kappa shape index (κ3) is 3.95. The fourth-order valence-electron chi connectivity index (χ4n) is 2.83. The van der Waals surface area contributed by atoms with E-state index in [-0.39, 0.29) is 11.5 Å². The van der Waals surface area contributed by atoms with Gasteiger partial charge in [-0.25, -0.2) is 4.39 Å². The van der Waals surface area contributed by atoms with Gasteiger partial charge in [0.25, 0.3) is 5.91 Å². The molecule has 110 valence electrons. The molecule has 1 aliphatic rings. The number of carbonyl (C=O) groups excluding carboxylic acids is 1. The molecule has 1 amide bonds. The highest BCUT2D eigenvalue weighted by Crippen LogP contribution is 2.29. The van der Waals surface area contributed by atoms with Gasteiger partial charge in [0.1, 0.15) is 5.82 Å². The monoisotopic (exact) mass is 278 g/mol. The van der Waals surface area contributed by atoms with Crippen molar-refractivity contribution in [1.29, 1.82) is 0 Å². The minimum atomic E-state index is -0.439. The Kier molecular flexibility index (Phi) is 4.99. The minimum absolute atomic E-state index is 0.224. The molecule has 0 spiro atoms. The number of amides is 1. The molecule has 0 atom stereocenters. The van der Waals surface area contributed by atoms with Gasteiger partial charge in [0.15, 0.2) is 0 Å². The summed E-state index contributed by atoms with van der Waals surface area (Å²) in [6, 6.07) is 3.87. The fraction of sp³-hybridized carbons (Fsp3) is 0.562. The fourth-order valence-corrected chi connectivity index (χ4v) is 2.83. The van der Waals surface area contributed by atoms with E-state index in [4.69, 9.17) is 5.73 Å². The summed E-state index contributed by atoms with van der Waals surface area (Å²) < 4.78 is 13.1. The van der Waals surface area contributed by atoms with Gasteiger partial charge < -0.3 is 11.1 Å². The number of hydrogen-bond donors (Lipinski definition) is 2. The van der Waals surface area contributed by atoms with Crippen LogP contribution in [0.1, 0.15) is 49.4 Å². The summed E-state index contributed by atoms with van der Waals surface area (Å²) in [5.41, 5.74) is 6.23. The number of benzene rings is 1. The third-order valence-corrected chi connectivity index (χ3v) is 4.23. The van der Waals surface area contributed by atoms with Crippen LogP contribution in [0, 0.1) is 17.7 Å². The molecule has 2 rings (SSSR count). The predicted molar refractivity (Wildman–Crippen MR) is 78.9 cm³/mol. The Morgan fingerprint density at radius 1 is 1.35 bits per heavy atom. The van der Waals surface area contributed by atoms with E-state index >= 15 is 0 Å². The van der Waals surface area contributed by atoms with Crippen molar-refractivity contribution in [1.82, 2.24) is 5.32 Å². The number of halogens is 1. The number of rotatable bonds is 4. The molecule has 0 aromatic heterocycles.